The minimum Gasteiger partial charge on any atom is -0.558 e. The summed E-state index contributed by atoms with van der Waals surface area (Å²) in [7, 11) is 2.90. The van der Waals surface area contributed by atoms with E-state index in [9.17, 15) is 0 Å². The van der Waals surface area contributed by atoms with Gasteiger partial charge in [0.05, 0.1) is 0 Å². The Labute approximate surface area is 75.2 Å². The highest BCUT2D eigenvalue weighted by Crippen LogP contribution is 2.45. The lowest BCUT2D eigenvalue weighted by molar-refractivity contribution is 0.851. The SMILES string of the molecule is CC(C)[Si]([PH-])(C(C)C)C(C)C. The van der Waals surface area contributed by atoms with Crippen LogP contribution in [0.15, 0.2) is 0 Å². The van der Waals surface area contributed by atoms with Crippen molar-refractivity contribution < 1.29 is 0 Å². The van der Waals surface area contributed by atoms with Crippen LogP contribution >= 0.6 is 8.79 Å². The molecule has 0 aliphatic carbocycles. The zero-order valence-corrected chi connectivity index (χ0v) is 10.7. The van der Waals surface area contributed by atoms with Crippen LogP contribution in [0.4, 0.5) is 0 Å². The summed E-state index contributed by atoms with van der Waals surface area (Å²) < 4.78 is 0. The van der Waals surface area contributed by atoms with Crippen molar-refractivity contribution in [2.24, 2.45) is 0 Å². The number of rotatable bonds is 3. The Morgan fingerprint density at radius 1 is 0.727 bits per heavy atom. The van der Waals surface area contributed by atoms with Crippen molar-refractivity contribution >= 4 is 16.5 Å². The van der Waals surface area contributed by atoms with Gasteiger partial charge < -0.3 is 8.79 Å². The van der Waals surface area contributed by atoms with Crippen molar-refractivity contribution in [1.82, 2.24) is 0 Å². The summed E-state index contributed by atoms with van der Waals surface area (Å²) in [4.78, 5) is 0. The van der Waals surface area contributed by atoms with Gasteiger partial charge >= 0.3 is 0 Å². The van der Waals surface area contributed by atoms with Crippen LogP contribution in [0.2, 0.25) is 16.6 Å². The molecule has 0 saturated heterocycles. The van der Waals surface area contributed by atoms with Crippen LogP contribution in [0.5, 0.6) is 0 Å². The third-order valence-electron chi connectivity index (χ3n) is 2.87. The summed E-state index contributed by atoms with van der Waals surface area (Å²) >= 11 is 0. The minimum atomic E-state index is -1.18. The molecule has 0 rings (SSSR count). The number of hydrogen-bond acceptors (Lipinski definition) is 0. The van der Waals surface area contributed by atoms with Crippen LogP contribution in [-0.4, -0.2) is 7.74 Å². The molecule has 0 fully saturated rings. The Kier molecular flexibility index (Phi) is 4.29. The third kappa shape index (κ3) is 2.29. The third-order valence-corrected chi connectivity index (χ3v) is 13.8. The molecule has 0 saturated carbocycles. The largest absolute Gasteiger partial charge is 0.558 e. The summed E-state index contributed by atoms with van der Waals surface area (Å²) in [6.45, 7) is 14.1. The molecule has 0 radical (unpaired) electrons. The monoisotopic (exact) mass is 189 g/mol. The fourth-order valence-electron chi connectivity index (χ4n) is 2.00. The summed E-state index contributed by atoms with van der Waals surface area (Å²) in [5.74, 6) is 0. The maximum Gasteiger partial charge on any atom is -0.0673 e. The van der Waals surface area contributed by atoms with Gasteiger partial charge in [0.2, 0.25) is 0 Å². The molecule has 0 N–H and O–H groups in total. The van der Waals surface area contributed by atoms with E-state index < -0.39 is 7.74 Å². The molecule has 68 valence electrons. The van der Waals surface area contributed by atoms with Crippen molar-refractivity contribution in [3.8, 4) is 0 Å². The molecule has 0 nitrogen and oxygen atoms in total. The average molecular weight is 189 g/mol. The Morgan fingerprint density at radius 3 is 0.909 bits per heavy atom. The quantitative estimate of drug-likeness (QED) is 0.458. The topological polar surface area (TPSA) is 0 Å². The van der Waals surface area contributed by atoms with E-state index in [4.69, 9.17) is 0 Å². The van der Waals surface area contributed by atoms with E-state index >= 15 is 0 Å². The van der Waals surface area contributed by atoms with Crippen LogP contribution in [-0.2, 0) is 0 Å². The summed E-state index contributed by atoms with van der Waals surface area (Å²) in [5.41, 5.74) is 2.50. The van der Waals surface area contributed by atoms with E-state index in [2.05, 4.69) is 50.3 Å². The first kappa shape index (κ1) is 11.6. The molecule has 11 heavy (non-hydrogen) atoms. The Morgan fingerprint density at radius 2 is 0.909 bits per heavy atom. The maximum atomic E-state index is 4.07. The highest BCUT2D eigenvalue weighted by atomic mass is 31.3. The summed E-state index contributed by atoms with van der Waals surface area (Å²) in [5, 5.41) is 0. The first-order valence-electron chi connectivity index (χ1n) is 4.58. The van der Waals surface area contributed by atoms with Gasteiger partial charge in [0.25, 0.3) is 0 Å². The summed E-state index contributed by atoms with van der Waals surface area (Å²) in [6, 6.07) is 0. The molecule has 0 heterocycles. The second-order valence-corrected chi connectivity index (χ2v) is 12.3. The molecular formula is C9H22PSi-. The van der Waals surface area contributed by atoms with Crippen LogP contribution in [0.1, 0.15) is 41.5 Å². The van der Waals surface area contributed by atoms with E-state index in [0.717, 1.165) is 16.6 Å². The van der Waals surface area contributed by atoms with Gasteiger partial charge in [0.15, 0.2) is 0 Å². The van der Waals surface area contributed by atoms with Gasteiger partial charge in [0.1, 0.15) is 0 Å². The number of hydrogen-bond donors (Lipinski definition) is 0. The second-order valence-electron chi connectivity index (χ2n) is 4.40. The van der Waals surface area contributed by atoms with E-state index in [0.29, 0.717) is 0 Å². The zero-order valence-electron chi connectivity index (χ0n) is 8.73. The smallest absolute Gasteiger partial charge is 0.0673 e. The molecule has 2 heteroatoms. The van der Waals surface area contributed by atoms with E-state index in [1.807, 2.05) is 0 Å². The van der Waals surface area contributed by atoms with Gasteiger partial charge in [-0.2, -0.15) is 0 Å². The van der Waals surface area contributed by atoms with Gasteiger partial charge in [-0.1, -0.05) is 65.9 Å². The molecule has 0 aromatic carbocycles. The van der Waals surface area contributed by atoms with E-state index in [1.54, 1.807) is 0 Å². The molecule has 0 aromatic rings. The predicted octanol–water partition coefficient (Wildman–Crippen LogP) is 4.30. The van der Waals surface area contributed by atoms with Crippen molar-refractivity contribution in [2.75, 3.05) is 0 Å². The lowest BCUT2D eigenvalue weighted by atomic mass is 10.5. The van der Waals surface area contributed by atoms with Gasteiger partial charge in [-0.15, -0.1) is 0 Å². The predicted molar refractivity (Wildman–Crippen MR) is 59.4 cm³/mol. The fourth-order valence-corrected chi connectivity index (χ4v) is 6.00. The van der Waals surface area contributed by atoms with Gasteiger partial charge in [-0.25, -0.2) is 0 Å². The van der Waals surface area contributed by atoms with Gasteiger partial charge in [0, 0.05) is 0 Å². The van der Waals surface area contributed by atoms with Crippen molar-refractivity contribution in [2.45, 2.75) is 58.2 Å². The molecular weight excluding hydrogens is 167 g/mol. The fraction of sp³-hybridized carbons (Fsp3) is 1.00. The highest BCUT2D eigenvalue weighted by molar-refractivity contribution is 7.70. The van der Waals surface area contributed by atoms with Crippen LogP contribution in [0.25, 0.3) is 0 Å². The maximum absolute atomic E-state index is 4.07. The molecule has 0 spiro atoms. The standard InChI is InChI=1S/C9H22PSi/c1-7(2)11(10,8(3)4)9(5)6/h7-10H,1-6H3/q-1. The van der Waals surface area contributed by atoms with Crippen LogP contribution in [0.3, 0.4) is 0 Å². The molecule has 0 aliphatic rings. The minimum absolute atomic E-state index is 0.833. The Balaban J connectivity index is 4.53. The first-order chi connectivity index (χ1) is 4.83. The Bertz CT molecular complexity index is 97.0. The zero-order chi connectivity index (χ0) is 9.23. The molecule has 0 amide bonds. The van der Waals surface area contributed by atoms with Crippen molar-refractivity contribution in [1.29, 1.82) is 0 Å². The van der Waals surface area contributed by atoms with Gasteiger partial charge in [-0.05, 0) is 0 Å². The molecule has 0 atom stereocenters. The Hall–Kier alpha value is 0.647. The normalized spacial score (nSPS) is 13.6. The van der Waals surface area contributed by atoms with Crippen molar-refractivity contribution in [3.05, 3.63) is 0 Å². The van der Waals surface area contributed by atoms with Crippen molar-refractivity contribution in [3.63, 3.8) is 0 Å². The van der Waals surface area contributed by atoms with Crippen LogP contribution in [0, 0.1) is 0 Å². The molecule has 0 unspecified atom stereocenters. The molecule has 0 aliphatic heterocycles. The summed E-state index contributed by atoms with van der Waals surface area (Å²) in [6.07, 6.45) is 0. The highest BCUT2D eigenvalue weighted by Gasteiger charge is 2.28. The first-order valence-corrected chi connectivity index (χ1v) is 8.31. The van der Waals surface area contributed by atoms with Gasteiger partial charge in [-0.3, -0.25) is 0 Å². The van der Waals surface area contributed by atoms with E-state index in [1.165, 1.54) is 0 Å². The lowest BCUT2D eigenvalue weighted by Crippen LogP contribution is -2.37. The molecule has 0 bridgehead atoms. The molecule has 0 aromatic heterocycles. The lowest BCUT2D eigenvalue weighted by Gasteiger charge is -2.49. The van der Waals surface area contributed by atoms with E-state index in [-0.39, 0.29) is 0 Å². The second kappa shape index (κ2) is 4.05. The van der Waals surface area contributed by atoms with Crippen LogP contribution < -0.4 is 0 Å². The average Bonchev–Trinajstić information content (AvgIpc) is 1.84.